The van der Waals surface area contributed by atoms with E-state index in [0.717, 1.165) is 37.1 Å². The van der Waals surface area contributed by atoms with Gasteiger partial charge in [-0.2, -0.15) is 4.98 Å². The van der Waals surface area contributed by atoms with Crippen molar-refractivity contribution in [3.05, 3.63) is 11.7 Å². The second-order valence-electron chi connectivity index (χ2n) is 4.72. The van der Waals surface area contributed by atoms with Crippen LogP contribution in [-0.2, 0) is 6.42 Å². The van der Waals surface area contributed by atoms with Gasteiger partial charge in [-0.05, 0) is 44.7 Å². The lowest BCUT2D eigenvalue weighted by atomic mass is 9.95. The Hall–Kier alpha value is -0.610. The quantitative estimate of drug-likeness (QED) is 0.881. The maximum Gasteiger partial charge on any atom is 0.226 e. The molecule has 3 rings (SSSR count). The molecule has 1 saturated heterocycles. The first-order valence-corrected chi connectivity index (χ1v) is 5.95. The van der Waals surface area contributed by atoms with Crippen LogP contribution in [0.1, 0.15) is 43.3 Å². The average molecular weight is 244 g/mol. The van der Waals surface area contributed by atoms with Gasteiger partial charge >= 0.3 is 0 Å². The lowest BCUT2D eigenvalue weighted by Gasteiger charge is -2.20. The fourth-order valence-electron chi connectivity index (χ4n) is 2.19. The van der Waals surface area contributed by atoms with Gasteiger partial charge in [-0.3, -0.25) is 0 Å². The molecular weight excluding hydrogens is 226 g/mol. The molecule has 1 aliphatic carbocycles. The summed E-state index contributed by atoms with van der Waals surface area (Å²) in [6.45, 7) is 2.27. The molecule has 90 valence electrons. The number of halogens is 1. The van der Waals surface area contributed by atoms with Crippen molar-refractivity contribution in [1.82, 2.24) is 15.5 Å². The summed E-state index contributed by atoms with van der Waals surface area (Å²) in [6, 6.07) is 0. The highest BCUT2D eigenvalue weighted by atomic mass is 35.5. The van der Waals surface area contributed by atoms with E-state index in [0.29, 0.717) is 5.92 Å². The van der Waals surface area contributed by atoms with Crippen molar-refractivity contribution in [2.45, 2.75) is 38.0 Å². The van der Waals surface area contributed by atoms with Crippen LogP contribution in [0.15, 0.2) is 4.52 Å². The first kappa shape index (κ1) is 11.9. The zero-order valence-corrected chi connectivity index (χ0v) is 10.1. The van der Waals surface area contributed by atoms with Gasteiger partial charge in [-0.25, -0.2) is 0 Å². The van der Waals surface area contributed by atoms with Crippen LogP contribution in [0.2, 0.25) is 0 Å². The molecule has 16 heavy (non-hydrogen) atoms. The minimum Gasteiger partial charge on any atom is -0.339 e. The largest absolute Gasteiger partial charge is 0.339 e. The Morgan fingerprint density at radius 3 is 2.62 bits per heavy atom. The zero-order valence-electron chi connectivity index (χ0n) is 9.32. The van der Waals surface area contributed by atoms with Gasteiger partial charge in [0.05, 0.1) is 0 Å². The Bertz CT molecular complexity index is 332. The maximum atomic E-state index is 5.29. The molecule has 1 saturated carbocycles. The molecule has 0 atom stereocenters. The topological polar surface area (TPSA) is 51.0 Å². The van der Waals surface area contributed by atoms with E-state index < -0.39 is 0 Å². The number of hydrogen-bond acceptors (Lipinski definition) is 4. The molecule has 1 aromatic rings. The molecule has 1 N–H and O–H groups in total. The normalized spacial score (nSPS) is 21.8. The summed E-state index contributed by atoms with van der Waals surface area (Å²) in [7, 11) is 0. The van der Waals surface area contributed by atoms with Crippen molar-refractivity contribution in [3.63, 3.8) is 0 Å². The molecule has 5 heteroatoms. The van der Waals surface area contributed by atoms with Gasteiger partial charge in [0.25, 0.3) is 0 Å². The molecule has 2 fully saturated rings. The van der Waals surface area contributed by atoms with Crippen LogP contribution in [0, 0.1) is 5.92 Å². The Morgan fingerprint density at radius 2 is 1.94 bits per heavy atom. The molecule has 0 aromatic carbocycles. The van der Waals surface area contributed by atoms with E-state index in [1.54, 1.807) is 0 Å². The van der Waals surface area contributed by atoms with E-state index in [-0.39, 0.29) is 12.4 Å². The number of hydrogen-bond donors (Lipinski definition) is 1. The van der Waals surface area contributed by atoms with Gasteiger partial charge in [-0.15, -0.1) is 12.4 Å². The van der Waals surface area contributed by atoms with Gasteiger partial charge in [0.1, 0.15) is 0 Å². The second kappa shape index (κ2) is 5.15. The van der Waals surface area contributed by atoms with Crippen LogP contribution in [0.4, 0.5) is 0 Å². The summed E-state index contributed by atoms with van der Waals surface area (Å²) in [6.07, 6.45) is 5.93. The van der Waals surface area contributed by atoms with Gasteiger partial charge in [-0.1, -0.05) is 5.16 Å². The third kappa shape index (κ3) is 2.74. The van der Waals surface area contributed by atoms with Crippen LogP contribution >= 0.6 is 12.4 Å². The monoisotopic (exact) mass is 243 g/mol. The number of rotatable bonds is 3. The predicted octanol–water partition coefficient (Wildman–Crippen LogP) is 1.91. The van der Waals surface area contributed by atoms with Crippen molar-refractivity contribution < 1.29 is 4.52 Å². The molecule has 0 radical (unpaired) electrons. The van der Waals surface area contributed by atoms with Crippen LogP contribution in [0.3, 0.4) is 0 Å². The highest BCUT2D eigenvalue weighted by Crippen LogP contribution is 2.38. The first-order chi connectivity index (χ1) is 7.42. The lowest BCUT2D eigenvalue weighted by molar-refractivity contribution is 0.312. The van der Waals surface area contributed by atoms with Crippen molar-refractivity contribution >= 4 is 12.4 Å². The molecule has 0 unspecified atom stereocenters. The van der Waals surface area contributed by atoms with Crippen molar-refractivity contribution in [1.29, 1.82) is 0 Å². The zero-order chi connectivity index (χ0) is 10.1. The molecule has 2 heterocycles. The Kier molecular flexibility index (Phi) is 3.82. The van der Waals surface area contributed by atoms with Crippen molar-refractivity contribution in [3.8, 4) is 0 Å². The molecular formula is C11H18ClN3O. The summed E-state index contributed by atoms with van der Waals surface area (Å²) in [5, 5.41) is 7.41. The lowest BCUT2D eigenvalue weighted by Crippen LogP contribution is -2.28. The SMILES string of the molecule is C1CC(Cc2nc(C3CC3)no2)CCN1.Cl. The van der Waals surface area contributed by atoms with E-state index in [1.165, 1.54) is 25.7 Å². The summed E-state index contributed by atoms with van der Waals surface area (Å²) < 4.78 is 5.29. The molecule has 1 aliphatic heterocycles. The van der Waals surface area contributed by atoms with Gasteiger partial charge in [0.2, 0.25) is 5.89 Å². The summed E-state index contributed by atoms with van der Waals surface area (Å²) in [5.74, 6) is 3.14. The third-order valence-corrected chi connectivity index (χ3v) is 3.35. The summed E-state index contributed by atoms with van der Waals surface area (Å²) >= 11 is 0. The van der Waals surface area contributed by atoms with E-state index in [4.69, 9.17) is 4.52 Å². The van der Waals surface area contributed by atoms with Gasteiger partial charge in [0.15, 0.2) is 5.82 Å². The fourth-order valence-corrected chi connectivity index (χ4v) is 2.19. The van der Waals surface area contributed by atoms with Gasteiger partial charge < -0.3 is 9.84 Å². The Labute approximate surface area is 102 Å². The Morgan fingerprint density at radius 1 is 1.19 bits per heavy atom. The fraction of sp³-hybridized carbons (Fsp3) is 0.818. The summed E-state index contributed by atoms with van der Waals surface area (Å²) in [5.41, 5.74) is 0. The molecule has 2 aliphatic rings. The van der Waals surface area contributed by atoms with E-state index in [1.807, 2.05) is 0 Å². The minimum absolute atomic E-state index is 0. The molecule has 1 aromatic heterocycles. The standard InChI is InChI=1S/C11H17N3O.ClH/c1-2-9(1)11-13-10(15-14-11)7-8-3-5-12-6-4-8;/h8-9,12H,1-7H2;1H. The highest BCUT2D eigenvalue weighted by Gasteiger charge is 2.29. The van der Waals surface area contributed by atoms with Crippen LogP contribution in [-0.4, -0.2) is 23.2 Å². The van der Waals surface area contributed by atoms with Crippen LogP contribution in [0.25, 0.3) is 0 Å². The Balaban J connectivity index is 0.000000963. The van der Waals surface area contributed by atoms with Gasteiger partial charge in [0, 0.05) is 12.3 Å². The summed E-state index contributed by atoms with van der Waals surface area (Å²) in [4.78, 5) is 4.47. The molecule has 0 amide bonds. The van der Waals surface area contributed by atoms with Crippen LogP contribution in [0.5, 0.6) is 0 Å². The third-order valence-electron chi connectivity index (χ3n) is 3.35. The van der Waals surface area contributed by atoms with E-state index in [2.05, 4.69) is 15.5 Å². The van der Waals surface area contributed by atoms with E-state index in [9.17, 15) is 0 Å². The van der Waals surface area contributed by atoms with Crippen LogP contribution < -0.4 is 5.32 Å². The maximum absolute atomic E-state index is 5.29. The highest BCUT2D eigenvalue weighted by molar-refractivity contribution is 5.85. The minimum atomic E-state index is 0. The number of aromatic nitrogens is 2. The van der Waals surface area contributed by atoms with Crippen molar-refractivity contribution in [2.24, 2.45) is 5.92 Å². The smallest absolute Gasteiger partial charge is 0.226 e. The van der Waals surface area contributed by atoms with Crippen molar-refractivity contribution in [2.75, 3.05) is 13.1 Å². The van der Waals surface area contributed by atoms with E-state index >= 15 is 0 Å². The molecule has 0 spiro atoms. The average Bonchev–Trinajstić information content (AvgIpc) is 3.02. The predicted molar refractivity (Wildman–Crippen MR) is 62.8 cm³/mol. The number of piperidine rings is 1. The number of nitrogens with zero attached hydrogens (tertiary/aromatic N) is 2. The first-order valence-electron chi connectivity index (χ1n) is 5.95. The second-order valence-corrected chi connectivity index (χ2v) is 4.72. The number of nitrogens with one attached hydrogen (secondary N) is 1. The molecule has 4 nitrogen and oxygen atoms in total. The molecule has 0 bridgehead atoms.